The summed E-state index contributed by atoms with van der Waals surface area (Å²) in [5.74, 6) is -0.417. The molecule has 1 aromatic carbocycles. The van der Waals surface area contributed by atoms with Gasteiger partial charge in [0.25, 0.3) is 0 Å². The van der Waals surface area contributed by atoms with Crippen molar-refractivity contribution in [3.63, 3.8) is 0 Å². The minimum absolute atomic E-state index is 0. The number of Topliss-reactive ketones (excluding diaryl/α,β-unsaturated/α-hetero) is 1. The van der Waals surface area contributed by atoms with Gasteiger partial charge in [0, 0.05) is 6.26 Å². The van der Waals surface area contributed by atoms with Gasteiger partial charge in [-0.25, -0.2) is 0 Å². The second-order valence-corrected chi connectivity index (χ2v) is 2.24. The Morgan fingerprint density at radius 1 is 1.54 bits per heavy atom. The molecule has 0 atom stereocenters. The zero-order valence-electron chi connectivity index (χ0n) is 6.95. The fourth-order valence-corrected chi connectivity index (χ4v) is 0.853. The maximum Gasteiger partial charge on any atom is 2.00 e. The minimum Gasteiger partial charge on any atom is -0.525 e. The van der Waals surface area contributed by atoms with E-state index >= 15 is 0 Å². The number of benzene rings is 1. The monoisotopic (exact) mass is 398 g/mol. The van der Waals surface area contributed by atoms with Crippen LogP contribution in [0.25, 0.3) is 5.57 Å². The van der Waals surface area contributed by atoms with E-state index in [9.17, 15) is 4.79 Å². The van der Waals surface area contributed by atoms with Gasteiger partial charge in [-0.2, -0.15) is 6.92 Å². The van der Waals surface area contributed by atoms with Crippen LogP contribution in [-0.2, 0) is 4.79 Å². The van der Waals surface area contributed by atoms with Crippen LogP contribution in [0.4, 0.5) is 0 Å². The van der Waals surface area contributed by atoms with Crippen LogP contribution >= 0.6 is 0 Å². The smallest absolute Gasteiger partial charge is 0.525 e. The van der Waals surface area contributed by atoms with Crippen LogP contribution in [0, 0.1) is 44.1 Å². The van der Waals surface area contributed by atoms with E-state index in [0.29, 0.717) is 5.56 Å². The molecule has 0 saturated heterocycles. The van der Waals surface area contributed by atoms with Gasteiger partial charge in [0.05, 0.1) is 5.78 Å². The van der Waals surface area contributed by atoms with Gasteiger partial charge < -0.3 is 9.90 Å². The molecular weight excluding hydrogens is 390 g/mol. The van der Waals surface area contributed by atoms with Gasteiger partial charge in [-0.05, 0) is 5.57 Å². The summed E-state index contributed by atoms with van der Waals surface area (Å²) in [6, 6.07) is 9.71. The number of carbonyl (C=O) groups excluding carboxylic acids is 1. The molecule has 0 aliphatic carbocycles. The number of ketones is 1. The summed E-state index contributed by atoms with van der Waals surface area (Å²) in [4.78, 5) is 10.8. The molecule has 1 N–H and O–H groups in total. The van der Waals surface area contributed by atoms with Crippen LogP contribution in [0.3, 0.4) is 0 Å². The van der Waals surface area contributed by atoms with Crippen LogP contribution in [0.15, 0.2) is 30.5 Å². The number of aliphatic hydroxyl groups is 1. The zero-order valence-corrected chi connectivity index (χ0v) is 11.1. The van der Waals surface area contributed by atoms with Crippen LogP contribution in [0.2, 0.25) is 0 Å². The first kappa shape index (κ1) is 12.4. The van der Waals surface area contributed by atoms with E-state index < -0.39 is 5.78 Å². The van der Waals surface area contributed by atoms with E-state index in [0.717, 1.165) is 6.26 Å². The third-order valence-corrected chi connectivity index (χ3v) is 1.43. The van der Waals surface area contributed by atoms with Gasteiger partial charge in [0.15, 0.2) is 0 Å². The third-order valence-electron chi connectivity index (χ3n) is 1.43. The summed E-state index contributed by atoms with van der Waals surface area (Å²) >= 11 is 0. The SMILES string of the molecule is [CH2-]C(=O)/C(=C\O)c1[c-]cccc1.[U+2]. The summed E-state index contributed by atoms with van der Waals surface area (Å²) in [6.07, 6.45) is 0.751. The first-order chi connectivity index (χ1) is 5.75. The van der Waals surface area contributed by atoms with E-state index in [4.69, 9.17) is 5.11 Å². The van der Waals surface area contributed by atoms with Crippen molar-refractivity contribution in [2.24, 2.45) is 0 Å². The summed E-state index contributed by atoms with van der Waals surface area (Å²) in [6.45, 7) is 3.20. The predicted octanol–water partition coefficient (Wildman–Crippen LogP) is 1.79. The number of hydrogen-bond acceptors (Lipinski definition) is 2. The quantitative estimate of drug-likeness (QED) is 0.469. The molecule has 0 aliphatic rings. The minimum atomic E-state index is -0.417. The Labute approximate surface area is 101 Å². The number of carbonyl (C=O) groups is 1. The summed E-state index contributed by atoms with van der Waals surface area (Å²) < 4.78 is 0. The molecule has 13 heavy (non-hydrogen) atoms. The molecule has 0 spiro atoms. The fourth-order valence-electron chi connectivity index (χ4n) is 0.853. The molecular formula is C10H8O2U. The van der Waals surface area contributed by atoms with Crippen molar-refractivity contribution in [1.82, 2.24) is 0 Å². The zero-order chi connectivity index (χ0) is 8.97. The maximum absolute atomic E-state index is 10.8. The van der Waals surface area contributed by atoms with Crippen LogP contribution in [0.1, 0.15) is 5.56 Å². The molecule has 0 bridgehead atoms. The molecule has 0 amide bonds. The Morgan fingerprint density at radius 2 is 2.23 bits per heavy atom. The van der Waals surface area contributed by atoms with Crippen molar-refractivity contribution in [2.75, 3.05) is 0 Å². The second kappa shape index (κ2) is 5.91. The summed E-state index contributed by atoms with van der Waals surface area (Å²) in [7, 11) is 0. The molecule has 0 unspecified atom stereocenters. The molecule has 0 heterocycles. The molecule has 2 nitrogen and oxygen atoms in total. The van der Waals surface area contributed by atoms with E-state index in [2.05, 4.69) is 13.0 Å². The molecule has 0 aromatic heterocycles. The normalized spacial score (nSPS) is 10.3. The fraction of sp³-hybridized carbons (Fsp3) is 0. The molecule has 1 rings (SSSR count). The van der Waals surface area contributed by atoms with Crippen molar-refractivity contribution in [1.29, 1.82) is 0 Å². The topological polar surface area (TPSA) is 37.3 Å². The molecule has 3 heteroatoms. The molecule has 0 radical (unpaired) electrons. The maximum atomic E-state index is 10.8. The van der Waals surface area contributed by atoms with Crippen molar-refractivity contribution >= 4 is 11.4 Å². The first-order valence-electron chi connectivity index (χ1n) is 3.43. The average Bonchev–Trinajstić information content (AvgIpc) is 2.07. The number of allylic oxidation sites excluding steroid dienone is 1. The summed E-state index contributed by atoms with van der Waals surface area (Å²) in [5, 5.41) is 8.71. The van der Waals surface area contributed by atoms with Gasteiger partial charge in [0.2, 0.25) is 0 Å². The predicted molar refractivity (Wildman–Crippen MR) is 46.2 cm³/mol. The summed E-state index contributed by atoms with van der Waals surface area (Å²) in [5.41, 5.74) is 0.732. The van der Waals surface area contributed by atoms with E-state index in [1.165, 1.54) is 0 Å². The first-order valence-corrected chi connectivity index (χ1v) is 3.43. The van der Waals surface area contributed by atoms with E-state index in [1.807, 2.05) is 0 Å². The Hall–Kier alpha value is -0.648. The van der Waals surface area contributed by atoms with Gasteiger partial charge in [0.1, 0.15) is 0 Å². The van der Waals surface area contributed by atoms with Crippen LogP contribution in [0.5, 0.6) is 0 Å². The third kappa shape index (κ3) is 3.30. The van der Waals surface area contributed by atoms with Gasteiger partial charge in [-0.15, -0.1) is 35.9 Å². The Morgan fingerprint density at radius 3 is 2.62 bits per heavy atom. The number of rotatable bonds is 2. The van der Waals surface area contributed by atoms with Gasteiger partial charge in [-0.1, -0.05) is 0 Å². The standard InChI is InChI=1S/C10H8O2.U/c1-8(12)10(7-11)9-5-3-2-4-6-9;/h2-5,7,11H,1H2;/q-2;+2/b10-7+;. The van der Waals surface area contributed by atoms with Crippen molar-refractivity contribution in [3.8, 4) is 0 Å². The van der Waals surface area contributed by atoms with Crippen LogP contribution < -0.4 is 0 Å². The van der Waals surface area contributed by atoms with Gasteiger partial charge in [-0.3, -0.25) is 0 Å². The van der Waals surface area contributed by atoms with Crippen molar-refractivity contribution in [3.05, 3.63) is 49.1 Å². The molecule has 1 aromatic rings. The van der Waals surface area contributed by atoms with Crippen LogP contribution in [-0.4, -0.2) is 10.9 Å². The largest absolute Gasteiger partial charge is 2.00 e. The molecule has 64 valence electrons. The Bertz CT molecular complexity index is 304. The molecule has 0 saturated carbocycles. The van der Waals surface area contributed by atoms with Gasteiger partial charge >= 0.3 is 31.1 Å². The van der Waals surface area contributed by atoms with Crippen molar-refractivity contribution < 1.29 is 41.0 Å². The van der Waals surface area contributed by atoms with E-state index in [-0.39, 0.29) is 36.7 Å². The Kier molecular flexibility index (Phi) is 5.61. The number of aliphatic hydroxyl groups excluding tert-OH is 1. The Balaban J connectivity index is 0.00000144. The van der Waals surface area contributed by atoms with E-state index in [1.54, 1.807) is 24.3 Å². The molecule has 0 fully saturated rings. The second-order valence-electron chi connectivity index (χ2n) is 2.24. The van der Waals surface area contributed by atoms with Crippen molar-refractivity contribution in [2.45, 2.75) is 0 Å². The molecule has 0 aliphatic heterocycles. The average molecular weight is 398 g/mol. The number of hydrogen-bond donors (Lipinski definition) is 1.